The Bertz CT molecular complexity index is 1520. The van der Waals surface area contributed by atoms with E-state index in [0.29, 0.717) is 12.5 Å². The summed E-state index contributed by atoms with van der Waals surface area (Å²) in [6.45, 7) is 12.4. The number of carbonyl (C=O) groups excluding carboxylic acids is 2. The zero-order valence-corrected chi connectivity index (χ0v) is 26.6. The maximum atomic E-state index is 13.0. The van der Waals surface area contributed by atoms with Crippen molar-refractivity contribution in [1.82, 2.24) is 24.6 Å². The minimum absolute atomic E-state index is 0.111. The van der Waals surface area contributed by atoms with Gasteiger partial charge in [0, 0.05) is 43.0 Å². The van der Waals surface area contributed by atoms with Gasteiger partial charge in [0.05, 0.1) is 40.8 Å². The molecular formula is C33H44N6O5. The first kappa shape index (κ1) is 30.3. The van der Waals surface area contributed by atoms with Gasteiger partial charge in [0.25, 0.3) is 0 Å². The number of hydrogen-bond donors (Lipinski definition) is 1. The van der Waals surface area contributed by atoms with E-state index in [2.05, 4.69) is 17.2 Å². The molecule has 1 aliphatic heterocycles. The molecule has 0 spiro atoms. The molecule has 2 aliphatic carbocycles. The number of nitrogens with zero attached hydrogens (tertiary/aromatic N) is 6. The molecule has 3 fully saturated rings. The molecule has 3 aromatic rings. The average molecular weight is 605 g/mol. The average Bonchev–Trinajstić information content (AvgIpc) is 3.51. The topological polar surface area (TPSA) is 123 Å². The minimum Gasteiger partial charge on any atom is -0.443 e. The summed E-state index contributed by atoms with van der Waals surface area (Å²) in [5.74, 6) is 0.534. The van der Waals surface area contributed by atoms with Crippen molar-refractivity contribution >= 4 is 28.9 Å². The lowest BCUT2D eigenvalue weighted by atomic mass is 9.80. The number of aliphatic hydroxyl groups is 1. The lowest BCUT2D eigenvalue weighted by molar-refractivity contribution is -0.00642. The van der Waals surface area contributed by atoms with Crippen LogP contribution in [-0.4, -0.2) is 78.9 Å². The molecular weight excluding hydrogens is 560 g/mol. The predicted molar refractivity (Wildman–Crippen MR) is 167 cm³/mol. The molecule has 1 unspecified atom stereocenters. The first-order chi connectivity index (χ1) is 20.7. The van der Waals surface area contributed by atoms with Crippen molar-refractivity contribution in [3.05, 3.63) is 36.3 Å². The van der Waals surface area contributed by atoms with Crippen LogP contribution in [0.15, 0.2) is 30.6 Å². The molecule has 0 bridgehead atoms. The highest BCUT2D eigenvalue weighted by Crippen LogP contribution is 2.46. The van der Waals surface area contributed by atoms with Crippen LogP contribution in [0, 0.1) is 5.92 Å². The number of carbonyl (C=O) groups is 2. The summed E-state index contributed by atoms with van der Waals surface area (Å²) in [4.78, 5) is 38.9. The van der Waals surface area contributed by atoms with E-state index in [0.717, 1.165) is 77.2 Å². The van der Waals surface area contributed by atoms with Gasteiger partial charge in [-0.25, -0.2) is 19.5 Å². The second kappa shape index (κ2) is 11.3. The molecule has 6 rings (SSSR count). The first-order valence-electron chi connectivity index (χ1n) is 15.7. The molecule has 236 valence electrons. The second-order valence-electron chi connectivity index (χ2n) is 14.6. The molecule has 3 heterocycles. The Morgan fingerprint density at radius 1 is 1.00 bits per heavy atom. The smallest absolute Gasteiger partial charge is 0.419 e. The van der Waals surface area contributed by atoms with Crippen LogP contribution >= 0.6 is 0 Å². The number of ether oxygens (including phenoxy) is 2. The lowest BCUT2D eigenvalue weighted by Crippen LogP contribution is -2.47. The van der Waals surface area contributed by atoms with Crippen LogP contribution in [0.4, 0.5) is 15.3 Å². The summed E-state index contributed by atoms with van der Waals surface area (Å²) in [5.41, 5.74) is 4.12. The van der Waals surface area contributed by atoms with Gasteiger partial charge in [-0.2, -0.15) is 5.10 Å². The number of β-amino-alcohol motifs (C(OH)–C–C–N with tert-alkyl or cyclic N) is 1. The Kier molecular flexibility index (Phi) is 7.80. The largest absolute Gasteiger partial charge is 0.443 e. The Morgan fingerprint density at radius 3 is 2.27 bits per heavy atom. The monoisotopic (exact) mass is 604 g/mol. The van der Waals surface area contributed by atoms with Gasteiger partial charge in [0.15, 0.2) is 0 Å². The molecule has 2 saturated carbocycles. The van der Waals surface area contributed by atoms with Crippen molar-refractivity contribution in [2.45, 2.75) is 103 Å². The lowest BCUT2D eigenvalue weighted by Gasteiger charge is -2.38. The van der Waals surface area contributed by atoms with E-state index in [1.165, 1.54) is 0 Å². The Hall–Kier alpha value is -3.73. The molecule has 3 aliphatic rings. The quantitative estimate of drug-likeness (QED) is 0.357. The predicted octanol–water partition coefficient (Wildman–Crippen LogP) is 6.07. The van der Waals surface area contributed by atoms with Crippen molar-refractivity contribution in [3.63, 3.8) is 0 Å². The zero-order valence-electron chi connectivity index (χ0n) is 26.6. The van der Waals surface area contributed by atoms with E-state index >= 15 is 0 Å². The number of rotatable bonds is 6. The first-order valence-corrected chi connectivity index (χ1v) is 15.7. The minimum atomic E-state index is -0.728. The molecule has 2 aromatic heterocycles. The number of aromatic nitrogens is 4. The molecule has 44 heavy (non-hydrogen) atoms. The van der Waals surface area contributed by atoms with Crippen LogP contribution in [0.3, 0.4) is 0 Å². The Labute approximate surface area is 258 Å². The summed E-state index contributed by atoms with van der Waals surface area (Å²) in [6, 6.07) is 6.25. The van der Waals surface area contributed by atoms with Gasteiger partial charge in [0.2, 0.25) is 0 Å². The van der Waals surface area contributed by atoms with Crippen LogP contribution in [-0.2, 0) is 9.47 Å². The maximum absolute atomic E-state index is 13.0. The van der Waals surface area contributed by atoms with Crippen LogP contribution in [0.2, 0.25) is 0 Å². The molecule has 1 saturated heterocycles. The summed E-state index contributed by atoms with van der Waals surface area (Å²) in [5, 5.41) is 15.0. The third kappa shape index (κ3) is 6.82. The molecule has 0 radical (unpaired) electrons. The Morgan fingerprint density at radius 2 is 1.68 bits per heavy atom. The van der Waals surface area contributed by atoms with Gasteiger partial charge in [-0.05, 0) is 97.8 Å². The van der Waals surface area contributed by atoms with Gasteiger partial charge in [-0.3, -0.25) is 9.67 Å². The van der Waals surface area contributed by atoms with Crippen LogP contribution < -0.4 is 4.90 Å². The van der Waals surface area contributed by atoms with Crippen molar-refractivity contribution in [2.75, 3.05) is 24.5 Å². The fourth-order valence-corrected chi connectivity index (χ4v) is 5.93. The highest BCUT2D eigenvalue weighted by atomic mass is 16.6. The molecule has 1 aromatic carbocycles. The van der Waals surface area contributed by atoms with Gasteiger partial charge in [-0.1, -0.05) is 0 Å². The van der Waals surface area contributed by atoms with Gasteiger partial charge < -0.3 is 19.5 Å². The molecule has 1 N–H and O–H groups in total. The number of hydrogen-bond acceptors (Lipinski definition) is 9. The number of benzene rings is 1. The van der Waals surface area contributed by atoms with Crippen LogP contribution in [0.25, 0.3) is 22.3 Å². The van der Waals surface area contributed by atoms with E-state index in [1.807, 2.05) is 23.0 Å². The zero-order chi connectivity index (χ0) is 31.4. The van der Waals surface area contributed by atoms with Crippen molar-refractivity contribution < 1.29 is 24.2 Å². The molecule has 1 atom stereocenters. The van der Waals surface area contributed by atoms with E-state index < -0.39 is 23.4 Å². The summed E-state index contributed by atoms with van der Waals surface area (Å²) in [7, 11) is 0. The van der Waals surface area contributed by atoms with E-state index in [-0.39, 0.29) is 24.6 Å². The van der Waals surface area contributed by atoms with Crippen molar-refractivity contribution in [3.8, 4) is 11.3 Å². The molecule has 2 amide bonds. The number of imide groups is 1. The van der Waals surface area contributed by atoms with E-state index in [1.54, 1.807) is 41.5 Å². The number of fused-ring (bicyclic) bond motifs is 1. The van der Waals surface area contributed by atoms with E-state index in [9.17, 15) is 14.7 Å². The normalized spacial score (nSPS) is 22.2. The van der Waals surface area contributed by atoms with Crippen molar-refractivity contribution in [2.24, 2.45) is 5.92 Å². The third-order valence-corrected chi connectivity index (χ3v) is 8.31. The summed E-state index contributed by atoms with van der Waals surface area (Å²) in [6.07, 6.45) is 6.81. The van der Waals surface area contributed by atoms with Gasteiger partial charge >= 0.3 is 12.2 Å². The fraction of sp³-hybridized carbons (Fsp3) is 0.606. The van der Waals surface area contributed by atoms with E-state index in [4.69, 9.17) is 24.5 Å². The standard InChI is InChI=1S/C33H44N6O5/c1-32(2,3)43-30(41)38(31(42)44-33(4,5)6)17-20-13-23(14-20)39-19-25(29(36-39)21-7-8-21)28-16-34-26-10-9-22(15-27(26)35-28)37-12-11-24(40)18-37/h9-10,15-16,19-21,23-24,40H,7-8,11-14,17-18H2,1-6H3. The fourth-order valence-electron chi connectivity index (χ4n) is 5.93. The van der Waals surface area contributed by atoms with Crippen molar-refractivity contribution in [1.29, 1.82) is 0 Å². The van der Waals surface area contributed by atoms with Gasteiger partial charge in [0.1, 0.15) is 11.2 Å². The summed E-state index contributed by atoms with van der Waals surface area (Å²) >= 11 is 0. The molecule has 11 heteroatoms. The number of anilines is 1. The highest BCUT2D eigenvalue weighted by Gasteiger charge is 2.39. The maximum Gasteiger partial charge on any atom is 0.419 e. The molecule has 11 nitrogen and oxygen atoms in total. The Balaban J connectivity index is 1.18. The van der Waals surface area contributed by atoms with Crippen LogP contribution in [0.5, 0.6) is 0 Å². The second-order valence-corrected chi connectivity index (χ2v) is 14.6. The van der Waals surface area contributed by atoms with Gasteiger partial charge in [-0.15, -0.1) is 0 Å². The highest BCUT2D eigenvalue weighted by molar-refractivity contribution is 5.88. The number of aliphatic hydroxyl groups excluding tert-OH is 1. The number of amides is 2. The summed E-state index contributed by atoms with van der Waals surface area (Å²) < 4.78 is 13.1. The third-order valence-electron chi connectivity index (χ3n) is 8.31. The van der Waals surface area contributed by atoms with Crippen LogP contribution in [0.1, 0.15) is 91.3 Å². The SMILES string of the molecule is CC(C)(C)OC(=O)N(CC1CC(n2cc(-c3cnc4ccc(N5CCC(O)C5)cc4n3)c(C3CC3)n2)C1)C(=O)OC(C)(C)C.